The molecule has 10 heteroatoms. The van der Waals surface area contributed by atoms with Crippen molar-refractivity contribution in [1.29, 1.82) is 0 Å². The lowest BCUT2D eigenvalue weighted by Crippen LogP contribution is -2.26. The zero-order valence-corrected chi connectivity index (χ0v) is 19.2. The van der Waals surface area contributed by atoms with Crippen LogP contribution in [0.15, 0.2) is 53.8 Å². The summed E-state index contributed by atoms with van der Waals surface area (Å²) in [6, 6.07) is 12.3. The minimum atomic E-state index is -0.440. The molecule has 1 aromatic carbocycles. The van der Waals surface area contributed by atoms with Crippen molar-refractivity contribution >= 4 is 35.0 Å². The van der Waals surface area contributed by atoms with Crippen LogP contribution >= 0.6 is 11.8 Å². The molecular formula is C23H24N6O3S. The number of ketones is 1. The number of hydrogen-bond donors (Lipinski definition) is 1. The molecule has 1 aliphatic heterocycles. The number of aromatic nitrogens is 4. The first-order valence-electron chi connectivity index (χ1n) is 10.6. The lowest BCUT2D eigenvalue weighted by molar-refractivity contribution is -0.128. The highest BCUT2D eigenvalue weighted by Gasteiger charge is 2.26. The number of carbonyl (C=O) groups is 3. The van der Waals surface area contributed by atoms with Gasteiger partial charge in [0.25, 0.3) is 0 Å². The summed E-state index contributed by atoms with van der Waals surface area (Å²) < 4.78 is 1.81. The molecule has 1 unspecified atom stereocenters. The zero-order valence-electron chi connectivity index (χ0n) is 18.4. The average molecular weight is 465 g/mol. The number of nitrogens with one attached hydrogen (secondary N) is 1. The highest BCUT2D eigenvalue weighted by Crippen LogP contribution is 2.28. The molecule has 0 spiro atoms. The molecule has 3 heterocycles. The maximum absolute atomic E-state index is 13.0. The second-order valence-corrected chi connectivity index (χ2v) is 9.03. The minimum absolute atomic E-state index is 0.0683. The molecule has 1 N–H and O–H groups in total. The number of benzene rings is 1. The van der Waals surface area contributed by atoms with Gasteiger partial charge in [0, 0.05) is 37.3 Å². The minimum Gasteiger partial charge on any atom is -0.335 e. The molecule has 33 heavy (non-hydrogen) atoms. The van der Waals surface area contributed by atoms with Crippen molar-refractivity contribution in [2.45, 2.75) is 43.6 Å². The Morgan fingerprint density at radius 3 is 2.58 bits per heavy atom. The number of rotatable bonds is 8. The summed E-state index contributed by atoms with van der Waals surface area (Å²) in [6.07, 6.45) is 3.07. The standard InChI is InChI=1S/C23H24N6O3S/c1-15(22(32)17-8-10-18(11-9-17)25-16(2)30)33-23-27-26-20(14-28-13-5-7-21(28)31)29(23)19-6-3-4-12-24-19/h3-4,6,8-12,15H,5,7,13-14H2,1-2H3,(H,25,30). The number of carbonyl (C=O) groups excluding carboxylic acids is 3. The first-order chi connectivity index (χ1) is 15.9. The fourth-order valence-corrected chi connectivity index (χ4v) is 4.56. The van der Waals surface area contributed by atoms with Crippen LogP contribution in [0.3, 0.4) is 0 Å². The number of pyridine rings is 1. The summed E-state index contributed by atoms with van der Waals surface area (Å²) in [6.45, 7) is 4.29. The van der Waals surface area contributed by atoms with E-state index in [0.717, 1.165) is 6.42 Å². The van der Waals surface area contributed by atoms with Gasteiger partial charge in [0.15, 0.2) is 16.8 Å². The van der Waals surface area contributed by atoms with Crippen molar-refractivity contribution in [1.82, 2.24) is 24.6 Å². The average Bonchev–Trinajstić information content (AvgIpc) is 3.40. The lowest BCUT2D eigenvalue weighted by Gasteiger charge is -2.16. The van der Waals surface area contributed by atoms with Gasteiger partial charge in [-0.15, -0.1) is 10.2 Å². The van der Waals surface area contributed by atoms with Crippen LogP contribution < -0.4 is 5.32 Å². The SMILES string of the molecule is CC(=O)Nc1ccc(C(=O)C(C)Sc2nnc(CN3CCCC3=O)n2-c2ccccn2)cc1. The van der Waals surface area contributed by atoms with Crippen molar-refractivity contribution < 1.29 is 14.4 Å². The summed E-state index contributed by atoms with van der Waals surface area (Å²) in [5.41, 5.74) is 1.17. The van der Waals surface area contributed by atoms with Crippen molar-refractivity contribution in [2.24, 2.45) is 0 Å². The van der Waals surface area contributed by atoms with Crippen molar-refractivity contribution in [2.75, 3.05) is 11.9 Å². The molecule has 1 atom stereocenters. The summed E-state index contributed by atoms with van der Waals surface area (Å²) >= 11 is 1.29. The van der Waals surface area contributed by atoms with Crippen LogP contribution in [0.2, 0.25) is 0 Å². The number of anilines is 1. The molecule has 1 aliphatic rings. The van der Waals surface area contributed by atoms with Crippen LogP contribution in [0.4, 0.5) is 5.69 Å². The molecule has 9 nitrogen and oxygen atoms in total. The van der Waals surface area contributed by atoms with Crippen LogP contribution in [0.25, 0.3) is 5.82 Å². The quantitative estimate of drug-likeness (QED) is 0.403. The predicted octanol–water partition coefficient (Wildman–Crippen LogP) is 3.11. The number of thioether (sulfide) groups is 1. The molecule has 1 fully saturated rings. The Hall–Kier alpha value is -3.53. The second-order valence-electron chi connectivity index (χ2n) is 7.72. The number of likely N-dealkylation sites (tertiary alicyclic amines) is 1. The number of Topliss-reactive ketones (excluding diaryl/α,β-unsaturated/α-hetero) is 1. The van der Waals surface area contributed by atoms with E-state index < -0.39 is 5.25 Å². The van der Waals surface area contributed by atoms with Gasteiger partial charge in [-0.25, -0.2) is 4.98 Å². The Morgan fingerprint density at radius 1 is 1.15 bits per heavy atom. The van der Waals surface area contributed by atoms with E-state index >= 15 is 0 Å². The van der Waals surface area contributed by atoms with Crippen LogP contribution in [-0.2, 0) is 16.1 Å². The van der Waals surface area contributed by atoms with Gasteiger partial charge in [-0.05, 0) is 49.7 Å². The largest absolute Gasteiger partial charge is 0.335 e. The Morgan fingerprint density at radius 2 is 1.94 bits per heavy atom. The fourth-order valence-electron chi connectivity index (χ4n) is 3.60. The van der Waals surface area contributed by atoms with Crippen LogP contribution in [-0.4, -0.2) is 54.0 Å². The number of amides is 2. The maximum Gasteiger partial charge on any atom is 0.223 e. The van der Waals surface area contributed by atoms with E-state index in [-0.39, 0.29) is 17.6 Å². The Labute approximate surface area is 195 Å². The van der Waals surface area contributed by atoms with Gasteiger partial charge in [0.05, 0.1) is 11.8 Å². The predicted molar refractivity (Wildman–Crippen MR) is 124 cm³/mol. The fraction of sp³-hybridized carbons (Fsp3) is 0.304. The van der Waals surface area contributed by atoms with E-state index in [9.17, 15) is 14.4 Å². The summed E-state index contributed by atoms with van der Waals surface area (Å²) in [4.78, 5) is 42.5. The van der Waals surface area contributed by atoms with E-state index in [0.29, 0.717) is 47.6 Å². The molecule has 0 bridgehead atoms. The van der Waals surface area contributed by atoms with Gasteiger partial charge >= 0.3 is 0 Å². The monoisotopic (exact) mass is 464 g/mol. The molecule has 2 amide bonds. The summed E-state index contributed by atoms with van der Waals surface area (Å²) in [7, 11) is 0. The summed E-state index contributed by atoms with van der Waals surface area (Å²) in [5.74, 6) is 1.10. The molecule has 4 rings (SSSR count). The third kappa shape index (κ3) is 5.28. The number of hydrogen-bond acceptors (Lipinski definition) is 7. The Bertz CT molecular complexity index is 1160. The molecule has 2 aromatic heterocycles. The highest BCUT2D eigenvalue weighted by atomic mass is 32.2. The van der Waals surface area contributed by atoms with Gasteiger partial charge in [-0.2, -0.15) is 0 Å². The molecule has 0 aliphatic carbocycles. The molecule has 0 radical (unpaired) electrons. The van der Waals surface area contributed by atoms with Crippen LogP contribution in [0.5, 0.6) is 0 Å². The van der Waals surface area contributed by atoms with Gasteiger partial charge in [-0.1, -0.05) is 17.8 Å². The molecular weight excluding hydrogens is 440 g/mol. The first kappa shape index (κ1) is 22.7. The third-order valence-corrected chi connectivity index (χ3v) is 6.27. The molecule has 170 valence electrons. The van der Waals surface area contributed by atoms with E-state index in [2.05, 4.69) is 20.5 Å². The van der Waals surface area contributed by atoms with Gasteiger partial charge in [-0.3, -0.25) is 19.0 Å². The highest BCUT2D eigenvalue weighted by molar-refractivity contribution is 8.00. The van der Waals surface area contributed by atoms with Crippen molar-refractivity contribution in [3.63, 3.8) is 0 Å². The smallest absolute Gasteiger partial charge is 0.223 e. The van der Waals surface area contributed by atoms with E-state index in [1.54, 1.807) is 39.9 Å². The lowest BCUT2D eigenvalue weighted by atomic mass is 10.1. The van der Waals surface area contributed by atoms with Crippen molar-refractivity contribution in [3.05, 3.63) is 60.0 Å². The normalized spacial score (nSPS) is 14.4. The summed E-state index contributed by atoms with van der Waals surface area (Å²) in [5, 5.41) is 11.4. The molecule has 1 saturated heterocycles. The topological polar surface area (TPSA) is 110 Å². The van der Waals surface area contributed by atoms with Gasteiger partial charge in [0.1, 0.15) is 5.82 Å². The van der Waals surface area contributed by atoms with E-state index in [4.69, 9.17) is 0 Å². The van der Waals surface area contributed by atoms with Crippen molar-refractivity contribution in [3.8, 4) is 5.82 Å². The second kappa shape index (κ2) is 9.95. The van der Waals surface area contributed by atoms with Gasteiger partial charge in [0.2, 0.25) is 11.8 Å². The Balaban J connectivity index is 1.56. The van der Waals surface area contributed by atoms with Crippen LogP contribution in [0.1, 0.15) is 42.9 Å². The third-order valence-electron chi connectivity index (χ3n) is 5.22. The molecule has 3 aromatic rings. The Kier molecular flexibility index (Phi) is 6.83. The van der Waals surface area contributed by atoms with E-state index in [1.807, 2.05) is 25.1 Å². The van der Waals surface area contributed by atoms with E-state index in [1.165, 1.54) is 18.7 Å². The maximum atomic E-state index is 13.0. The first-order valence-corrected chi connectivity index (χ1v) is 11.5. The van der Waals surface area contributed by atoms with Crippen LogP contribution in [0, 0.1) is 0 Å². The zero-order chi connectivity index (χ0) is 23.4. The van der Waals surface area contributed by atoms with Gasteiger partial charge < -0.3 is 10.2 Å². The number of nitrogens with zero attached hydrogens (tertiary/aromatic N) is 5. The molecule has 0 saturated carbocycles.